The van der Waals surface area contributed by atoms with Crippen LogP contribution < -0.4 is 20.1 Å². The van der Waals surface area contributed by atoms with Crippen molar-refractivity contribution in [3.05, 3.63) is 53.1 Å². The highest BCUT2D eigenvalue weighted by atomic mass is 16.5. The average Bonchev–Trinajstić information content (AvgIpc) is 3.08. The maximum Gasteiger partial charge on any atom is 0.319 e. The van der Waals surface area contributed by atoms with Crippen molar-refractivity contribution in [3.63, 3.8) is 0 Å². The number of urea groups is 1. The van der Waals surface area contributed by atoms with Gasteiger partial charge in [-0.25, -0.2) is 4.79 Å². The van der Waals surface area contributed by atoms with Crippen molar-refractivity contribution in [1.29, 1.82) is 0 Å². The Bertz CT molecular complexity index is 774. The molecule has 2 N–H and O–H groups in total. The smallest absolute Gasteiger partial charge is 0.319 e. The van der Waals surface area contributed by atoms with E-state index in [0.717, 1.165) is 29.8 Å². The molecule has 1 atom stereocenters. The van der Waals surface area contributed by atoms with Crippen molar-refractivity contribution in [2.24, 2.45) is 0 Å². The van der Waals surface area contributed by atoms with Gasteiger partial charge in [0.2, 0.25) is 0 Å². The van der Waals surface area contributed by atoms with Gasteiger partial charge in [0.1, 0.15) is 11.5 Å². The van der Waals surface area contributed by atoms with Crippen molar-refractivity contribution in [2.45, 2.75) is 32.2 Å². The van der Waals surface area contributed by atoms with Crippen LogP contribution >= 0.6 is 0 Å². The highest BCUT2D eigenvalue weighted by molar-refractivity contribution is 5.89. The first-order chi connectivity index (χ1) is 12.1. The third-order valence-corrected chi connectivity index (χ3v) is 4.61. The topological polar surface area (TPSA) is 59.6 Å². The highest BCUT2D eigenvalue weighted by Crippen LogP contribution is 2.29. The summed E-state index contributed by atoms with van der Waals surface area (Å²) in [5, 5.41) is 5.87. The van der Waals surface area contributed by atoms with E-state index in [4.69, 9.17) is 9.47 Å². The normalized spacial score (nSPS) is 13.7. The number of aryl methyl sites for hydroxylation is 2. The molecule has 0 aromatic heterocycles. The number of ether oxygens (including phenoxy) is 2. The van der Waals surface area contributed by atoms with Gasteiger partial charge < -0.3 is 20.1 Å². The second-order valence-electron chi connectivity index (χ2n) is 6.27. The predicted molar refractivity (Wildman–Crippen MR) is 98.6 cm³/mol. The molecule has 1 aliphatic carbocycles. The summed E-state index contributed by atoms with van der Waals surface area (Å²) >= 11 is 0. The SMILES string of the molecule is COc1ccc(OC)c([C@@H](C)NC(=O)Nc2ccc3c(c2)CCC3)c1. The average molecular weight is 340 g/mol. The molecule has 0 radical (unpaired) electrons. The number of carbonyl (C=O) groups excluding carboxylic acids is 1. The number of fused-ring (bicyclic) bond motifs is 1. The van der Waals surface area contributed by atoms with Gasteiger partial charge in [-0.1, -0.05) is 6.07 Å². The molecule has 3 rings (SSSR count). The Labute approximate surface area is 148 Å². The molecule has 1 aliphatic rings. The molecule has 0 heterocycles. The van der Waals surface area contributed by atoms with E-state index in [1.165, 1.54) is 17.5 Å². The van der Waals surface area contributed by atoms with Gasteiger partial charge in [-0.15, -0.1) is 0 Å². The number of anilines is 1. The monoisotopic (exact) mass is 340 g/mol. The van der Waals surface area contributed by atoms with Crippen molar-refractivity contribution in [2.75, 3.05) is 19.5 Å². The van der Waals surface area contributed by atoms with Gasteiger partial charge >= 0.3 is 6.03 Å². The second kappa shape index (κ2) is 7.47. The summed E-state index contributed by atoms with van der Waals surface area (Å²) in [6, 6.07) is 11.2. The molecule has 0 saturated heterocycles. The van der Waals surface area contributed by atoms with Crippen LogP contribution in [-0.4, -0.2) is 20.3 Å². The van der Waals surface area contributed by atoms with Crippen molar-refractivity contribution >= 4 is 11.7 Å². The van der Waals surface area contributed by atoms with Gasteiger partial charge in [-0.05, 0) is 67.6 Å². The van der Waals surface area contributed by atoms with E-state index in [2.05, 4.69) is 22.8 Å². The van der Waals surface area contributed by atoms with Gasteiger partial charge in [0, 0.05) is 11.3 Å². The molecule has 0 fully saturated rings. The van der Waals surface area contributed by atoms with E-state index in [0.29, 0.717) is 5.75 Å². The summed E-state index contributed by atoms with van der Waals surface area (Å²) < 4.78 is 10.7. The summed E-state index contributed by atoms with van der Waals surface area (Å²) in [7, 11) is 3.23. The summed E-state index contributed by atoms with van der Waals surface area (Å²) in [6.07, 6.45) is 3.41. The van der Waals surface area contributed by atoms with Crippen LogP contribution in [0.15, 0.2) is 36.4 Å². The first-order valence-electron chi connectivity index (χ1n) is 8.52. The van der Waals surface area contributed by atoms with Crippen LogP contribution in [0.1, 0.15) is 36.1 Å². The summed E-state index contributed by atoms with van der Waals surface area (Å²) in [4.78, 5) is 12.4. The molecule has 0 unspecified atom stereocenters. The second-order valence-corrected chi connectivity index (χ2v) is 6.27. The van der Waals surface area contributed by atoms with Crippen LogP contribution in [0, 0.1) is 0 Å². The molecule has 2 aromatic carbocycles. The summed E-state index contributed by atoms with van der Waals surface area (Å²) in [5.74, 6) is 1.44. The third-order valence-electron chi connectivity index (χ3n) is 4.61. The Morgan fingerprint density at radius 1 is 1.04 bits per heavy atom. The number of hydrogen-bond acceptors (Lipinski definition) is 3. The minimum Gasteiger partial charge on any atom is -0.497 e. The molecule has 0 spiro atoms. The lowest BCUT2D eigenvalue weighted by Gasteiger charge is -2.18. The lowest BCUT2D eigenvalue weighted by molar-refractivity contribution is 0.249. The molecule has 132 valence electrons. The number of hydrogen-bond donors (Lipinski definition) is 2. The summed E-state index contributed by atoms with van der Waals surface area (Å²) in [6.45, 7) is 1.92. The van der Waals surface area contributed by atoms with Gasteiger partial charge in [0.15, 0.2) is 0 Å². The number of rotatable bonds is 5. The maximum absolute atomic E-state index is 12.4. The lowest BCUT2D eigenvalue weighted by atomic mass is 10.1. The molecular weight excluding hydrogens is 316 g/mol. The highest BCUT2D eigenvalue weighted by Gasteiger charge is 2.16. The predicted octanol–water partition coefficient (Wildman–Crippen LogP) is 4.08. The Balaban J connectivity index is 1.68. The molecule has 2 amide bonds. The van der Waals surface area contributed by atoms with E-state index in [-0.39, 0.29) is 12.1 Å². The number of methoxy groups -OCH3 is 2. The fourth-order valence-electron chi connectivity index (χ4n) is 3.27. The zero-order valence-corrected chi connectivity index (χ0v) is 14.9. The van der Waals surface area contributed by atoms with Gasteiger partial charge in [-0.2, -0.15) is 0 Å². The van der Waals surface area contributed by atoms with E-state index in [1.807, 2.05) is 31.2 Å². The van der Waals surface area contributed by atoms with Crippen LogP contribution in [0.3, 0.4) is 0 Å². The minimum atomic E-state index is -0.240. The maximum atomic E-state index is 12.4. The number of nitrogens with one attached hydrogen (secondary N) is 2. The fourth-order valence-corrected chi connectivity index (χ4v) is 3.27. The van der Waals surface area contributed by atoms with Crippen LogP contribution in [0.2, 0.25) is 0 Å². The molecule has 5 nitrogen and oxygen atoms in total. The summed E-state index contributed by atoms with van der Waals surface area (Å²) in [5.41, 5.74) is 4.41. The van der Waals surface area contributed by atoms with Crippen LogP contribution in [0.25, 0.3) is 0 Å². The largest absolute Gasteiger partial charge is 0.497 e. The van der Waals surface area contributed by atoms with E-state index in [9.17, 15) is 4.79 Å². The Morgan fingerprint density at radius 2 is 1.84 bits per heavy atom. The Hall–Kier alpha value is -2.69. The van der Waals surface area contributed by atoms with Crippen molar-refractivity contribution in [1.82, 2.24) is 5.32 Å². The number of carbonyl (C=O) groups is 1. The molecule has 2 aromatic rings. The molecule has 0 bridgehead atoms. The number of benzene rings is 2. The van der Waals surface area contributed by atoms with E-state index < -0.39 is 0 Å². The fraction of sp³-hybridized carbons (Fsp3) is 0.350. The minimum absolute atomic E-state index is 0.223. The first-order valence-corrected chi connectivity index (χ1v) is 8.52. The molecule has 0 aliphatic heterocycles. The van der Waals surface area contributed by atoms with Crippen LogP contribution in [0.5, 0.6) is 11.5 Å². The molecule has 5 heteroatoms. The van der Waals surface area contributed by atoms with Crippen molar-refractivity contribution in [3.8, 4) is 11.5 Å². The Morgan fingerprint density at radius 3 is 2.60 bits per heavy atom. The van der Waals surface area contributed by atoms with Crippen molar-refractivity contribution < 1.29 is 14.3 Å². The zero-order valence-electron chi connectivity index (χ0n) is 14.9. The Kier molecular flexibility index (Phi) is 5.12. The standard InChI is InChI=1S/C20H24N2O3/c1-13(18-12-17(24-2)9-10-19(18)25-3)21-20(23)22-16-8-7-14-5-4-6-15(14)11-16/h7-13H,4-6H2,1-3H3,(H2,21,22,23)/t13-/m1/s1. The molecular formula is C20H24N2O3. The number of amides is 2. The van der Waals surface area contributed by atoms with E-state index >= 15 is 0 Å². The van der Waals surface area contributed by atoms with Gasteiger partial charge in [-0.3, -0.25) is 0 Å². The van der Waals surface area contributed by atoms with Crippen LogP contribution in [-0.2, 0) is 12.8 Å². The third kappa shape index (κ3) is 3.87. The first kappa shape index (κ1) is 17.1. The molecule has 25 heavy (non-hydrogen) atoms. The van der Waals surface area contributed by atoms with Crippen LogP contribution in [0.4, 0.5) is 10.5 Å². The quantitative estimate of drug-likeness (QED) is 0.862. The van der Waals surface area contributed by atoms with Gasteiger partial charge in [0.25, 0.3) is 0 Å². The van der Waals surface area contributed by atoms with Gasteiger partial charge in [0.05, 0.1) is 20.3 Å². The van der Waals surface area contributed by atoms with E-state index in [1.54, 1.807) is 14.2 Å². The molecule has 0 saturated carbocycles. The zero-order chi connectivity index (χ0) is 17.8. The lowest BCUT2D eigenvalue weighted by Crippen LogP contribution is -2.31.